The second-order valence-corrected chi connectivity index (χ2v) is 4.84. The molecule has 1 fully saturated rings. The summed E-state index contributed by atoms with van der Waals surface area (Å²) in [5, 5.41) is 9.43. The number of aromatic amines is 1. The summed E-state index contributed by atoms with van der Waals surface area (Å²) < 4.78 is 0. The Bertz CT molecular complexity index is 719. The minimum atomic E-state index is -1.26. The summed E-state index contributed by atoms with van der Waals surface area (Å²) in [6, 6.07) is 1.30. The van der Waals surface area contributed by atoms with Crippen molar-refractivity contribution in [3.05, 3.63) is 28.2 Å². The van der Waals surface area contributed by atoms with Crippen molar-refractivity contribution in [3.63, 3.8) is 0 Å². The third-order valence-corrected chi connectivity index (χ3v) is 3.45. The molecule has 2 aromatic rings. The number of carboxylic acid groups (broad SMARTS) is 1. The first-order chi connectivity index (χ1) is 9.65. The topological polar surface area (TPSA) is 99.2 Å². The number of rotatable bonds is 2. The van der Waals surface area contributed by atoms with Crippen LogP contribution in [0.3, 0.4) is 0 Å². The minimum absolute atomic E-state index is 0.299. The van der Waals surface area contributed by atoms with Gasteiger partial charge in [0, 0.05) is 24.7 Å². The number of pyridine rings is 1. The Balaban J connectivity index is 2.05. The van der Waals surface area contributed by atoms with E-state index in [0.717, 1.165) is 25.9 Å². The molecule has 0 aromatic carbocycles. The lowest BCUT2D eigenvalue weighted by atomic mass is 10.1. The molecule has 1 saturated heterocycles. The molecule has 2 N–H and O–H groups in total. The summed E-state index contributed by atoms with van der Waals surface area (Å²) in [7, 11) is 0. The normalized spacial score (nSPS) is 15.5. The van der Waals surface area contributed by atoms with Crippen molar-refractivity contribution >= 4 is 23.0 Å². The average molecular weight is 274 g/mol. The van der Waals surface area contributed by atoms with Crippen molar-refractivity contribution in [2.75, 3.05) is 18.0 Å². The zero-order valence-corrected chi connectivity index (χ0v) is 10.8. The van der Waals surface area contributed by atoms with E-state index < -0.39 is 11.5 Å². The first-order valence-corrected chi connectivity index (χ1v) is 6.53. The quantitative estimate of drug-likeness (QED) is 0.847. The van der Waals surface area contributed by atoms with Crippen LogP contribution in [0.15, 0.2) is 17.1 Å². The highest BCUT2D eigenvalue weighted by molar-refractivity contribution is 5.91. The Morgan fingerprint density at radius 2 is 2.05 bits per heavy atom. The zero-order valence-electron chi connectivity index (χ0n) is 10.8. The third kappa shape index (κ3) is 2.22. The van der Waals surface area contributed by atoms with Crippen molar-refractivity contribution < 1.29 is 9.90 Å². The molecule has 0 radical (unpaired) electrons. The van der Waals surface area contributed by atoms with Crippen molar-refractivity contribution in [3.8, 4) is 0 Å². The molecule has 3 rings (SSSR count). The van der Waals surface area contributed by atoms with Gasteiger partial charge in [0.15, 0.2) is 0 Å². The van der Waals surface area contributed by atoms with E-state index in [4.69, 9.17) is 5.11 Å². The zero-order chi connectivity index (χ0) is 14.1. The fraction of sp³-hybridized carbons (Fsp3) is 0.385. The maximum atomic E-state index is 11.7. The minimum Gasteiger partial charge on any atom is -0.477 e. The standard InChI is InChI=1S/C13H14N4O3/c18-11-9(12(19)20)6-8-7-14-13(16-10(8)15-11)17-4-2-1-3-5-17/h6-7H,1-5H2,(H,19,20)(H,14,15,16,18). The fourth-order valence-electron chi connectivity index (χ4n) is 2.39. The van der Waals surface area contributed by atoms with Crippen LogP contribution in [0, 0.1) is 0 Å². The van der Waals surface area contributed by atoms with Gasteiger partial charge in [-0.25, -0.2) is 9.78 Å². The summed E-state index contributed by atoms with van der Waals surface area (Å²) in [5.41, 5.74) is -0.573. The smallest absolute Gasteiger partial charge is 0.341 e. The molecular weight excluding hydrogens is 260 g/mol. The molecule has 0 saturated carbocycles. The first-order valence-electron chi connectivity index (χ1n) is 6.53. The molecule has 0 atom stereocenters. The molecule has 1 aliphatic rings. The summed E-state index contributed by atoms with van der Waals surface area (Å²) >= 11 is 0. The molecule has 2 aromatic heterocycles. The van der Waals surface area contributed by atoms with Gasteiger partial charge < -0.3 is 15.0 Å². The lowest BCUT2D eigenvalue weighted by Gasteiger charge is -2.26. The monoisotopic (exact) mass is 274 g/mol. The number of piperidine rings is 1. The lowest BCUT2D eigenvalue weighted by Crippen LogP contribution is -2.31. The number of aromatic carboxylic acids is 1. The molecule has 0 spiro atoms. The van der Waals surface area contributed by atoms with Gasteiger partial charge in [0.1, 0.15) is 11.2 Å². The van der Waals surface area contributed by atoms with Crippen molar-refractivity contribution in [2.24, 2.45) is 0 Å². The van der Waals surface area contributed by atoms with Crippen LogP contribution in [0.4, 0.5) is 5.95 Å². The highest BCUT2D eigenvalue weighted by atomic mass is 16.4. The molecule has 0 aliphatic carbocycles. The van der Waals surface area contributed by atoms with Crippen LogP contribution in [0.1, 0.15) is 29.6 Å². The highest BCUT2D eigenvalue weighted by Gasteiger charge is 2.15. The first kappa shape index (κ1) is 12.6. The molecule has 104 valence electrons. The van der Waals surface area contributed by atoms with Crippen LogP contribution in [-0.4, -0.2) is 39.1 Å². The SMILES string of the molecule is O=C(O)c1cc2cnc(N3CCCCC3)nc2[nH]c1=O. The Hall–Kier alpha value is -2.44. The molecular formula is C13H14N4O3. The average Bonchev–Trinajstić information content (AvgIpc) is 2.46. The largest absolute Gasteiger partial charge is 0.477 e. The Morgan fingerprint density at radius 3 is 2.75 bits per heavy atom. The number of H-pyrrole nitrogens is 1. The maximum Gasteiger partial charge on any atom is 0.341 e. The van der Waals surface area contributed by atoms with E-state index >= 15 is 0 Å². The van der Waals surface area contributed by atoms with E-state index in [2.05, 4.69) is 19.9 Å². The molecule has 7 nitrogen and oxygen atoms in total. The number of nitrogens with zero attached hydrogens (tertiary/aromatic N) is 3. The maximum absolute atomic E-state index is 11.7. The number of hydrogen-bond donors (Lipinski definition) is 2. The number of nitrogens with one attached hydrogen (secondary N) is 1. The van der Waals surface area contributed by atoms with Crippen molar-refractivity contribution in [1.82, 2.24) is 15.0 Å². The molecule has 0 bridgehead atoms. The second kappa shape index (κ2) is 4.92. The lowest BCUT2D eigenvalue weighted by molar-refractivity contribution is 0.0695. The van der Waals surface area contributed by atoms with Crippen LogP contribution in [0.5, 0.6) is 0 Å². The summed E-state index contributed by atoms with van der Waals surface area (Å²) in [4.78, 5) is 35.7. The van der Waals surface area contributed by atoms with E-state index in [1.54, 1.807) is 6.20 Å². The van der Waals surface area contributed by atoms with E-state index in [-0.39, 0.29) is 5.56 Å². The van der Waals surface area contributed by atoms with Gasteiger partial charge in [-0.3, -0.25) is 4.79 Å². The van der Waals surface area contributed by atoms with Crippen LogP contribution in [0.25, 0.3) is 11.0 Å². The summed E-state index contributed by atoms with van der Waals surface area (Å²) in [5.74, 6) is -0.677. The second-order valence-electron chi connectivity index (χ2n) is 4.84. The predicted molar refractivity (Wildman–Crippen MR) is 73.2 cm³/mol. The van der Waals surface area contributed by atoms with Gasteiger partial charge in [0.2, 0.25) is 5.95 Å². The van der Waals surface area contributed by atoms with Gasteiger partial charge in [-0.15, -0.1) is 0 Å². The van der Waals surface area contributed by atoms with Crippen LogP contribution < -0.4 is 10.5 Å². The molecule has 0 amide bonds. The van der Waals surface area contributed by atoms with Gasteiger partial charge in [-0.05, 0) is 25.3 Å². The van der Waals surface area contributed by atoms with E-state index in [1.807, 2.05) is 0 Å². The predicted octanol–water partition coefficient (Wildman–Crippen LogP) is 1.01. The number of carboxylic acids is 1. The number of fused-ring (bicyclic) bond motifs is 1. The van der Waals surface area contributed by atoms with Crippen molar-refractivity contribution in [1.29, 1.82) is 0 Å². The van der Waals surface area contributed by atoms with Crippen LogP contribution in [0.2, 0.25) is 0 Å². The highest BCUT2D eigenvalue weighted by Crippen LogP contribution is 2.17. The van der Waals surface area contributed by atoms with Gasteiger partial charge >= 0.3 is 5.97 Å². The summed E-state index contributed by atoms with van der Waals surface area (Å²) in [6.07, 6.45) is 4.98. The van der Waals surface area contributed by atoms with Gasteiger partial charge in [-0.2, -0.15) is 4.98 Å². The fourth-order valence-corrected chi connectivity index (χ4v) is 2.39. The molecule has 7 heteroatoms. The number of hydrogen-bond acceptors (Lipinski definition) is 5. The Kier molecular flexibility index (Phi) is 3.09. The molecule has 0 unspecified atom stereocenters. The van der Waals surface area contributed by atoms with Crippen LogP contribution >= 0.6 is 0 Å². The third-order valence-electron chi connectivity index (χ3n) is 3.45. The van der Waals surface area contributed by atoms with Gasteiger partial charge in [0.25, 0.3) is 5.56 Å². The van der Waals surface area contributed by atoms with Crippen molar-refractivity contribution in [2.45, 2.75) is 19.3 Å². The van der Waals surface area contributed by atoms with Crippen LogP contribution in [-0.2, 0) is 0 Å². The summed E-state index contributed by atoms with van der Waals surface area (Å²) in [6.45, 7) is 1.81. The Labute approximate surface area is 114 Å². The number of aromatic nitrogens is 3. The van der Waals surface area contributed by atoms with E-state index in [0.29, 0.717) is 17.0 Å². The Morgan fingerprint density at radius 1 is 1.30 bits per heavy atom. The number of carbonyl (C=O) groups is 1. The van der Waals surface area contributed by atoms with E-state index in [1.165, 1.54) is 12.5 Å². The molecule has 1 aliphatic heterocycles. The van der Waals surface area contributed by atoms with Gasteiger partial charge in [0.05, 0.1) is 0 Å². The van der Waals surface area contributed by atoms with E-state index in [9.17, 15) is 9.59 Å². The molecule has 3 heterocycles. The number of anilines is 1. The van der Waals surface area contributed by atoms with Gasteiger partial charge in [-0.1, -0.05) is 0 Å². The molecule has 20 heavy (non-hydrogen) atoms.